The van der Waals surface area contributed by atoms with Crippen molar-refractivity contribution in [2.45, 2.75) is 52.2 Å². The van der Waals surface area contributed by atoms with Gasteiger partial charge >= 0.3 is 0 Å². The number of nitrogens with zero attached hydrogens (tertiary/aromatic N) is 3. The lowest BCUT2D eigenvalue weighted by atomic mass is 10.2. The van der Waals surface area contributed by atoms with E-state index >= 15 is 0 Å². The van der Waals surface area contributed by atoms with Crippen molar-refractivity contribution in [2.24, 2.45) is 0 Å². The Kier molecular flexibility index (Phi) is 5.31. The molecule has 5 nitrogen and oxygen atoms in total. The van der Waals surface area contributed by atoms with E-state index < -0.39 is 0 Å². The molecule has 0 saturated heterocycles. The number of aromatic nitrogens is 2. The highest BCUT2D eigenvalue weighted by atomic mass is 16.5. The molecule has 1 aliphatic carbocycles. The van der Waals surface area contributed by atoms with Gasteiger partial charge in [-0.05, 0) is 33.6 Å². The molecule has 0 aromatic carbocycles. The van der Waals surface area contributed by atoms with E-state index in [0.717, 1.165) is 24.7 Å². The molecule has 1 aliphatic rings. The van der Waals surface area contributed by atoms with Crippen LogP contribution in [0.25, 0.3) is 0 Å². The predicted octanol–water partition coefficient (Wildman–Crippen LogP) is 1.90. The van der Waals surface area contributed by atoms with Gasteiger partial charge < -0.3 is 15.0 Å². The largest absolute Gasteiger partial charge is 0.383 e. The summed E-state index contributed by atoms with van der Waals surface area (Å²) in [6.45, 7) is 8.73. The molecule has 1 aromatic heterocycles. The van der Waals surface area contributed by atoms with Crippen LogP contribution in [0.5, 0.6) is 0 Å². The Balaban J connectivity index is 2.04. The predicted molar refractivity (Wildman–Crippen MR) is 81.0 cm³/mol. The fourth-order valence-electron chi connectivity index (χ4n) is 2.11. The summed E-state index contributed by atoms with van der Waals surface area (Å²) in [5.74, 6) is 0.796. The third-order valence-electron chi connectivity index (χ3n) is 3.64. The van der Waals surface area contributed by atoms with Gasteiger partial charge in [-0.3, -0.25) is 0 Å². The molecule has 1 aromatic rings. The van der Waals surface area contributed by atoms with Crippen LogP contribution in [0.4, 0.5) is 5.95 Å². The summed E-state index contributed by atoms with van der Waals surface area (Å²) >= 11 is 0. The molecule has 20 heavy (non-hydrogen) atoms. The molecular weight excluding hydrogens is 252 g/mol. The van der Waals surface area contributed by atoms with Gasteiger partial charge in [0.2, 0.25) is 5.95 Å². The maximum absolute atomic E-state index is 5.16. The summed E-state index contributed by atoms with van der Waals surface area (Å²) in [4.78, 5) is 11.4. The molecule has 1 heterocycles. The Morgan fingerprint density at radius 3 is 2.75 bits per heavy atom. The van der Waals surface area contributed by atoms with E-state index in [1.807, 2.05) is 6.20 Å². The summed E-state index contributed by atoms with van der Waals surface area (Å²) in [6.07, 6.45) is 4.56. The van der Waals surface area contributed by atoms with Crippen molar-refractivity contribution in [3.8, 4) is 0 Å². The van der Waals surface area contributed by atoms with Crippen molar-refractivity contribution in [3.63, 3.8) is 0 Å². The van der Waals surface area contributed by atoms with Crippen molar-refractivity contribution in [2.75, 3.05) is 25.2 Å². The number of aryl methyl sites for hydroxylation is 1. The molecule has 2 rings (SSSR count). The summed E-state index contributed by atoms with van der Waals surface area (Å²) in [7, 11) is 1.72. The second kappa shape index (κ2) is 6.99. The minimum Gasteiger partial charge on any atom is -0.383 e. The van der Waals surface area contributed by atoms with Gasteiger partial charge in [-0.2, -0.15) is 0 Å². The van der Waals surface area contributed by atoms with Crippen LogP contribution in [-0.2, 0) is 11.3 Å². The SMILES string of the molecule is COCCN(c1ncc(CNC2CC2)c(C)n1)C(C)C. The summed E-state index contributed by atoms with van der Waals surface area (Å²) in [6, 6.07) is 1.07. The monoisotopic (exact) mass is 278 g/mol. The molecule has 0 aliphatic heterocycles. The number of methoxy groups -OCH3 is 1. The normalized spacial score (nSPS) is 14.8. The molecule has 0 amide bonds. The molecule has 0 spiro atoms. The van der Waals surface area contributed by atoms with Gasteiger partial charge in [-0.15, -0.1) is 0 Å². The molecule has 0 radical (unpaired) electrons. The van der Waals surface area contributed by atoms with Crippen LogP contribution in [0, 0.1) is 6.92 Å². The summed E-state index contributed by atoms with van der Waals surface area (Å²) < 4.78 is 5.16. The van der Waals surface area contributed by atoms with Gasteiger partial charge in [-0.25, -0.2) is 9.97 Å². The molecule has 0 unspecified atom stereocenters. The highest BCUT2D eigenvalue weighted by molar-refractivity contribution is 5.34. The minimum atomic E-state index is 0.361. The smallest absolute Gasteiger partial charge is 0.225 e. The van der Waals surface area contributed by atoms with Crippen LogP contribution in [0.15, 0.2) is 6.20 Å². The molecular formula is C15H26N4O. The number of hydrogen-bond donors (Lipinski definition) is 1. The van der Waals surface area contributed by atoms with Crippen molar-refractivity contribution in [3.05, 3.63) is 17.5 Å². The van der Waals surface area contributed by atoms with Crippen LogP contribution in [0.3, 0.4) is 0 Å². The van der Waals surface area contributed by atoms with Gasteiger partial charge in [0.05, 0.1) is 6.61 Å². The van der Waals surface area contributed by atoms with Crippen LogP contribution in [-0.4, -0.2) is 42.3 Å². The first-order chi connectivity index (χ1) is 9.61. The van der Waals surface area contributed by atoms with Crippen LogP contribution < -0.4 is 10.2 Å². The lowest BCUT2D eigenvalue weighted by Crippen LogP contribution is -2.35. The first-order valence-corrected chi connectivity index (χ1v) is 7.43. The van der Waals surface area contributed by atoms with Crippen molar-refractivity contribution >= 4 is 5.95 Å². The van der Waals surface area contributed by atoms with E-state index in [-0.39, 0.29) is 0 Å². The third kappa shape index (κ3) is 4.15. The molecule has 112 valence electrons. The van der Waals surface area contributed by atoms with Crippen molar-refractivity contribution in [1.82, 2.24) is 15.3 Å². The Hall–Kier alpha value is -1.20. The van der Waals surface area contributed by atoms with Crippen LogP contribution in [0.2, 0.25) is 0 Å². The molecule has 5 heteroatoms. The van der Waals surface area contributed by atoms with Gasteiger partial charge in [0.15, 0.2) is 0 Å². The van der Waals surface area contributed by atoms with E-state index in [2.05, 4.69) is 41.0 Å². The minimum absolute atomic E-state index is 0.361. The Morgan fingerprint density at radius 1 is 1.45 bits per heavy atom. The maximum Gasteiger partial charge on any atom is 0.225 e. The van der Waals surface area contributed by atoms with Crippen LogP contribution >= 0.6 is 0 Å². The second-order valence-corrected chi connectivity index (χ2v) is 5.72. The number of rotatable bonds is 8. The third-order valence-corrected chi connectivity index (χ3v) is 3.64. The first-order valence-electron chi connectivity index (χ1n) is 7.43. The van der Waals surface area contributed by atoms with Gasteiger partial charge in [0, 0.05) is 49.7 Å². The van der Waals surface area contributed by atoms with E-state index in [0.29, 0.717) is 18.7 Å². The molecule has 0 atom stereocenters. The zero-order chi connectivity index (χ0) is 14.5. The standard InChI is InChI=1S/C15H26N4O/c1-11(2)19(7-8-20-4)15-17-10-13(12(3)18-15)9-16-14-5-6-14/h10-11,14,16H,5-9H2,1-4H3. The van der Waals surface area contributed by atoms with E-state index in [1.165, 1.54) is 18.4 Å². The molecule has 1 N–H and O–H groups in total. The van der Waals surface area contributed by atoms with E-state index in [9.17, 15) is 0 Å². The maximum atomic E-state index is 5.16. The highest BCUT2D eigenvalue weighted by Gasteiger charge is 2.21. The summed E-state index contributed by atoms with van der Waals surface area (Å²) in [5, 5.41) is 3.51. The number of anilines is 1. The van der Waals surface area contributed by atoms with Gasteiger partial charge in [-0.1, -0.05) is 0 Å². The fourth-order valence-corrected chi connectivity index (χ4v) is 2.11. The lowest BCUT2D eigenvalue weighted by molar-refractivity contribution is 0.203. The van der Waals surface area contributed by atoms with E-state index in [1.54, 1.807) is 7.11 Å². The summed E-state index contributed by atoms with van der Waals surface area (Å²) in [5.41, 5.74) is 2.25. The molecule has 1 saturated carbocycles. The van der Waals surface area contributed by atoms with Crippen molar-refractivity contribution in [1.29, 1.82) is 0 Å². The average molecular weight is 278 g/mol. The molecule has 0 bridgehead atoms. The quantitative estimate of drug-likeness (QED) is 0.787. The molecule has 1 fully saturated rings. The second-order valence-electron chi connectivity index (χ2n) is 5.72. The fraction of sp³-hybridized carbons (Fsp3) is 0.733. The Morgan fingerprint density at radius 2 is 2.20 bits per heavy atom. The topological polar surface area (TPSA) is 50.3 Å². The zero-order valence-electron chi connectivity index (χ0n) is 13.0. The first kappa shape index (κ1) is 15.2. The zero-order valence-corrected chi connectivity index (χ0v) is 13.0. The van der Waals surface area contributed by atoms with E-state index in [4.69, 9.17) is 4.74 Å². The average Bonchev–Trinajstić information content (AvgIpc) is 3.22. The Labute approximate surface area is 121 Å². The Bertz CT molecular complexity index is 432. The lowest BCUT2D eigenvalue weighted by Gasteiger charge is -2.26. The van der Waals surface area contributed by atoms with Crippen molar-refractivity contribution < 1.29 is 4.74 Å². The van der Waals surface area contributed by atoms with Crippen LogP contribution in [0.1, 0.15) is 37.9 Å². The number of ether oxygens (including phenoxy) is 1. The number of hydrogen-bond acceptors (Lipinski definition) is 5. The van der Waals surface area contributed by atoms with Gasteiger partial charge in [0.25, 0.3) is 0 Å². The van der Waals surface area contributed by atoms with Gasteiger partial charge in [0.1, 0.15) is 0 Å². The highest BCUT2D eigenvalue weighted by Crippen LogP contribution is 2.20. The number of nitrogens with one attached hydrogen (secondary N) is 1.